The molecule has 2 aromatic rings. The van der Waals surface area contributed by atoms with Crippen LogP contribution in [0, 0.1) is 12.8 Å². The number of fused-ring (bicyclic) bond motifs is 1. The van der Waals surface area contributed by atoms with E-state index in [-0.39, 0.29) is 22.6 Å². The summed E-state index contributed by atoms with van der Waals surface area (Å²) in [5.41, 5.74) is -0.410. The third-order valence-electron chi connectivity index (χ3n) is 4.81. The Morgan fingerprint density at radius 3 is 2.59 bits per heavy atom. The van der Waals surface area contributed by atoms with E-state index in [1.807, 2.05) is 13.8 Å². The van der Waals surface area contributed by atoms with E-state index in [1.165, 1.54) is 18.8 Å². The van der Waals surface area contributed by atoms with Crippen molar-refractivity contribution in [2.24, 2.45) is 13.0 Å². The van der Waals surface area contributed by atoms with Crippen LogP contribution in [0.15, 0.2) is 14.6 Å². The molecule has 27 heavy (non-hydrogen) atoms. The van der Waals surface area contributed by atoms with Crippen LogP contribution in [-0.2, 0) is 18.4 Å². The summed E-state index contributed by atoms with van der Waals surface area (Å²) in [7, 11) is 1.48. The molecule has 2 heterocycles. The van der Waals surface area contributed by atoms with Crippen LogP contribution in [0.2, 0.25) is 0 Å². The zero-order valence-corrected chi connectivity index (χ0v) is 17.1. The van der Waals surface area contributed by atoms with Crippen LogP contribution in [0.5, 0.6) is 0 Å². The molecule has 0 aromatic carbocycles. The summed E-state index contributed by atoms with van der Waals surface area (Å²) < 4.78 is 2.66. The summed E-state index contributed by atoms with van der Waals surface area (Å²) in [6, 6.07) is 0. The van der Waals surface area contributed by atoms with Crippen molar-refractivity contribution in [3.05, 3.63) is 26.7 Å². The first-order chi connectivity index (χ1) is 12.8. The standard InChI is InChI=1S/C19H26N4O3S/c1-11(2)10-23-16-15(18(25)22(4)19(23)26)17(21-12(3)20-16)27-14-9-7-5-6-8-13(14)24/h11,14H,5-10H2,1-4H3/t14-/m1/s1. The fraction of sp³-hybridized carbons (Fsp3) is 0.632. The Morgan fingerprint density at radius 2 is 1.89 bits per heavy atom. The van der Waals surface area contributed by atoms with Gasteiger partial charge in [-0.1, -0.05) is 38.5 Å². The molecule has 2 aromatic heterocycles. The minimum Gasteiger partial charge on any atom is -0.298 e. The number of hydrogen-bond donors (Lipinski definition) is 0. The molecule has 1 atom stereocenters. The highest BCUT2D eigenvalue weighted by atomic mass is 32.2. The maximum absolute atomic E-state index is 12.9. The molecular formula is C19H26N4O3S. The number of nitrogens with zero attached hydrogens (tertiary/aromatic N) is 4. The highest BCUT2D eigenvalue weighted by molar-refractivity contribution is 8.00. The third kappa shape index (κ3) is 4.00. The molecule has 0 unspecified atom stereocenters. The van der Waals surface area contributed by atoms with Crippen molar-refractivity contribution >= 4 is 28.6 Å². The summed E-state index contributed by atoms with van der Waals surface area (Å²) in [6.45, 7) is 6.24. The van der Waals surface area contributed by atoms with E-state index in [0.717, 1.165) is 30.3 Å². The van der Waals surface area contributed by atoms with E-state index in [1.54, 1.807) is 11.5 Å². The van der Waals surface area contributed by atoms with Crippen LogP contribution < -0.4 is 11.2 Å². The second-order valence-electron chi connectivity index (χ2n) is 7.60. The quantitative estimate of drug-likeness (QED) is 0.589. The number of aromatic nitrogens is 4. The van der Waals surface area contributed by atoms with Crippen molar-refractivity contribution in [3.63, 3.8) is 0 Å². The van der Waals surface area contributed by atoms with Gasteiger partial charge in [-0.05, 0) is 25.7 Å². The predicted octanol–water partition coefficient (Wildman–Crippen LogP) is 2.45. The van der Waals surface area contributed by atoms with Gasteiger partial charge in [0, 0.05) is 20.0 Å². The van der Waals surface area contributed by atoms with Crippen molar-refractivity contribution in [1.82, 2.24) is 19.1 Å². The second kappa shape index (κ2) is 7.96. The molecule has 3 rings (SSSR count). The number of carbonyl (C=O) groups is 1. The fourth-order valence-electron chi connectivity index (χ4n) is 3.44. The van der Waals surface area contributed by atoms with Crippen LogP contribution >= 0.6 is 11.8 Å². The first-order valence-electron chi connectivity index (χ1n) is 9.47. The van der Waals surface area contributed by atoms with Crippen LogP contribution in [0.25, 0.3) is 11.0 Å². The highest BCUT2D eigenvalue weighted by Crippen LogP contribution is 2.32. The van der Waals surface area contributed by atoms with E-state index in [0.29, 0.717) is 34.8 Å². The average molecular weight is 391 g/mol. The molecule has 0 radical (unpaired) electrons. The molecule has 1 fully saturated rings. The van der Waals surface area contributed by atoms with Gasteiger partial charge in [-0.25, -0.2) is 14.8 Å². The minimum absolute atomic E-state index is 0.194. The molecule has 146 valence electrons. The van der Waals surface area contributed by atoms with Gasteiger partial charge in [0.15, 0.2) is 5.65 Å². The van der Waals surface area contributed by atoms with Crippen LogP contribution in [0.1, 0.15) is 51.8 Å². The Kier molecular flexibility index (Phi) is 5.83. The van der Waals surface area contributed by atoms with Gasteiger partial charge in [0.25, 0.3) is 5.56 Å². The Bertz CT molecular complexity index is 993. The molecule has 1 saturated carbocycles. The van der Waals surface area contributed by atoms with Gasteiger partial charge in [-0.3, -0.25) is 18.7 Å². The average Bonchev–Trinajstić information content (AvgIpc) is 2.81. The number of rotatable bonds is 4. The first-order valence-corrected chi connectivity index (χ1v) is 10.3. The Labute approximate surface area is 162 Å². The molecule has 0 spiro atoms. The zero-order chi connectivity index (χ0) is 19.7. The lowest BCUT2D eigenvalue weighted by Gasteiger charge is -2.17. The van der Waals surface area contributed by atoms with Gasteiger partial charge >= 0.3 is 5.69 Å². The highest BCUT2D eigenvalue weighted by Gasteiger charge is 2.26. The lowest BCUT2D eigenvalue weighted by molar-refractivity contribution is -0.118. The van der Waals surface area contributed by atoms with Crippen LogP contribution in [0.4, 0.5) is 0 Å². The molecule has 0 amide bonds. The summed E-state index contributed by atoms with van der Waals surface area (Å²) >= 11 is 1.36. The van der Waals surface area contributed by atoms with E-state index in [2.05, 4.69) is 9.97 Å². The molecule has 1 aliphatic carbocycles. The van der Waals surface area contributed by atoms with Crippen molar-refractivity contribution in [2.45, 2.75) is 69.7 Å². The molecule has 7 nitrogen and oxygen atoms in total. The number of aryl methyl sites for hydroxylation is 1. The maximum Gasteiger partial charge on any atom is 0.332 e. The summed E-state index contributed by atoms with van der Waals surface area (Å²) in [6.07, 6.45) is 4.36. The topological polar surface area (TPSA) is 86.9 Å². The number of thioether (sulfide) groups is 1. The number of ketones is 1. The van der Waals surface area contributed by atoms with Gasteiger partial charge in [0.2, 0.25) is 0 Å². The Balaban J connectivity index is 2.21. The number of carbonyl (C=O) groups excluding carboxylic acids is 1. The Hall–Kier alpha value is -1.96. The smallest absolute Gasteiger partial charge is 0.298 e. The van der Waals surface area contributed by atoms with Gasteiger partial charge in [-0.15, -0.1) is 0 Å². The predicted molar refractivity (Wildman–Crippen MR) is 106 cm³/mol. The molecule has 1 aliphatic rings. The van der Waals surface area contributed by atoms with Crippen molar-refractivity contribution in [2.75, 3.05) is 0 Å². The normalized spacial score (nSPS) is 18.3. The summed E-state index contributed by atoms with van der Waals surface area (Å²) in [5.74, 6) is 0.934. The van der Waals surface area contributed by atoms with Gasteiger partial charge < -0.3 is 0 Å². The SMILES string of the molecule is Cc1nc(S[C@@H]2CCCCCC2=O)c2c(=O)n(C)c(=O)n(CC(C)C)c2n1. The van der Waals surface area contributed by atoms with Crippen molar-refractivity contribution < 1.29 is 4.79 Å². The van der Waals surface area contributed by atoms with Crippen molar-refractivity contribution in [1.29, 1.82) is 0 Å². The van der Waals surface area contributed by atoms with E-state index in [9.17, 15) is 14.4 Å². The largest absolute Gasteiger partial charge is 0.332 e. The molecular weight excluding hydrogens is 364 g/mol. The van der Waals surface area contributed by atoms with Gasteiger partial charge in [0.1, 0.15) is 22.0 Å². The van der Waals surface area contributed by atoms with E-state index in [4.69, 9.17) is 0 Å². The lowest BCUT2D eigenvalue weighted by Crippen LogP contribution is -2.39. The second-order valence-corrected chi connectivity index (χ2v) is 8.79. The maximum atomic E-state index is 12.9. The molecule has 0 saturated heterocycles. The number of hydrogen-bond acceptors (Lipinski definition) is 6. The van der Waals surface area contributed by atoms with Crippen LogP contribution in [-0.4, -0.2) is 30.1 Å². The van der Waals surface area contributed by atoms with E-state index < -0.39 is 5.56 Å². The number of Topliss-reactive ketones (excluding diaryl/α,β-unsaturated/α-hetero) is 1. The summed E-state index contributed by atoms with van der Waals surface area (Å²) in [5, 5.41) is 0.654. The van der Waals surface area contributed by atoms with E-state index >= 15 is 0 Å². The van der Waals surface area contributed by atoms with Gasteiger partial charge in [-0.2, -0.15) is 0 Å². The summed E-state index contributed by atoms with van der Waals surface area (Å²) in [4.78, 5) is 46.9. The lowest BCUT2D eigenvalue weighted by atomic mass is 10.2. The monoisotopic (exact) mass is 390 g/mol. The molecule has 8 heteroatoms. The fourth-order valence-corrected chi connectivity index (χ4v) is 4.73. The Morgan fingerprint density at radius 1 is 1.15 bits per heavy atom. The first kappa shape index (κ1) is 19.8. The third-order valence-corrected chi connectivity index (χ3v) is 6.11. The minimum atomic E-state index is -0.404. The van der Waals surface area contributed by atoms with Gasteiger partial charge in [0.05, 0.1) is 5.25 Å². The molecule has 0 N–H and O–H groups in total. The molecule has 0 bridgehead atoms. The molecule has 0 aliphatic heterocycles. The zero-order valence-electron chi connectivity index (χ0n) is 16.3. The van der Waals surface area contributed by atoms with Crippen LogP contribution in [0.3, 0.4) is 0 Å². The van der Waals surface area contributed by atoms with Crippen molar-refractivity contribution in [3.8, 4) is 0 Å².